The fraction of sp³-hybridized carbons (Fsp3) is 1.00. The second-order valence-electron chi connectivity index (χ2n) is 8.61. The van der Waals surface area contributed by atoms with Crippen LogP contribution in [-0.4, -0.2) is 46.4 Å². The maximum absolute atomic E-state index is 10.7. The standard InChI is InChI=1S/C18H33NO2/c1-17(2)14(16(20)18(3,4)21-17)12-19-11-7-10-15(19)13-8-5-6-9-13/h13-16,20H,5-12H2,1-4H3. The highest BCUT2D eigenvalue weighted by molar-refractivity contribution is 5.03. The Hall–Kier alpha value is -0.120. The largest absolute Gasteiger partial charge is 0.390 e. The zero-order valence-corrected chi connectivity index (χ0v) is 14.3. The monoisotopic (exact) mass is 295 g/mol. The number of aliphatic hydroxyl groups is 1. The van der Waals surface area contributed by atoms with Gasteiger partial charge in [-0.1, -0.05) is 12.8 Å². The third kappa shape index (κ3) is 2.89. The second kappa shape index (κ2) is 5.50. The Morgan fingerprint density at radius 3 is 2.24 bits per heavy atom. The lowest BCUT2D eigenvalue weighted by molar-refractivity contribution is -0.0915. The van der Waals surface area contributed by atoms with Gasteiger partial charge in [-0.05, 0) is 65.8 Å². The molecular weight excluding hydrogens is 262 g/mol. The predicted octanol–water partition coefficient (Wildman–Crippen LogP) is 3.21. The highest BCUT2D eigenvalue weighted by atomic mass is 16.5. The summed E-state index contributed by atoms with van der Waals surface area (Å²) in [6, 6.07) is 0.763. The Labute approximate surface area is 130 Å². The molecule has 21 heavy (non-hydrogen) atoms. The van der Waals surface area contributed by atoms with Gasteiger partial charge in [0.25, 0.3) is 0 Å². The molecule has 122 valence electrons. The van der Waals surface area contributed by atoms with E-state index in [1.165, 1.54) is 45.1 Å². The molecule has 2 heterocycles. The minimum Gasteiger partial charge on any atom is -0.390 e. The van der Waals surface area contributed by atoms with Gasteiger partial charge in [-0.2, -0.15) is 0 Å². The van der Waals surface area contributed by atoms with Gasteiger partial charge in [0.15, 0.2) is 0 Å². The first-order valence-electron chi connectivity index (χ1n) is 8.93. The number of likely N-dealkylation sites (tertiary alicyclic amines) is 1. The average Bonchev–Trinajstić information content (AvgIpc) is 3.06. The van der Waals surface area contributed by atoms with Gasteiger partial charge in [0.2, 0.25) is 0 Å². The van der Waals surface area contributed by atoms with Crippen LogP contribution in [0, 0.1) is 11.8 Å². The van der Waals surface area contributed by atoms with E-state index in [4.69, 9.17) is 4.74 Å². The molecule has 3 unspecified atom stereocenters. The number of hydrogen-bond acceptors (Lipinski definition) is 3. The Kier molecular flexibility index (Phi) is 4.13. The van der Waals surface area contributed by atoms with Crippen molar-refractivity contribution in [2.24, 2.45) is 11.8 Å². The van der Waals surface area contributed by atoms with Crippen LogP contribution in [0.15, 0.2) is 0 Å². The molecule has 3 atom stereocenters. The molecule has 0 radical (unpaired) electrons. The van der Waals surface area contributed by atoms with E-state index in [1.54, 1.807) is 0 Å². The first-order valence-corrected chi connectivity index (χ1v) is 8.93. The van der Waals surface area contributed by atoms with Gasteiger partial charge in [-0.25, -0.2) is 0 Å². The van der Waals surface area contributed by atoms with E-state index in [1.807, 2.05) is 13.8 Å². The lowest BCUT2D eigenvalue weighted by atomic mass is 9.83. The molecule has 3 nitrogen and oxygen atoms in total. The van der Waals surface area contributed by atoms with E-state index in [-0.39, 0.29) is 17.6 Å². The van der Waals surface area contributed by atoms with Crippen LogP contribution in [0.1, 0.15) is 66.2 Å². The van der Waals surface area contributed by atoms with Crippen molar-refractivity contribution in [1.82, 2.24) is 4.90 Å². The lowest BCUT2D eigenvalue weighted by Crippen LogP contribution is -2.46. The van der Waals surface area contributed by atoms with Crippen molar-refractivity contribution in [2.75, 3.05) is 13.1 Å². The van der Waals surface area contributed by atoms with Crippen LogP contribution in [0.5, 0.6) is 0 Å². The Morgan fingerprint density at radius 2 is 1.67 bits per heavy atom. The van der Waals surface area contributed by atoms with Crippen molar-refractivity contribution < 1.29 is 9.84 Å². The van der Waals surface area contributed by atoms with E-state index in [0.717, 1.165) is 18.5 Å². The molecule has 0 aromatic rings. The summed E-state index contributed by atoms with van der Waals surface area (Å²) < 4.78 is 6.16. The van der Waals surface area contributed by atoms with Gasteiger partial charge in [0.05, 0.1) is 17.3 Å². The number of hydrogen-bond donors (Lipinski definition) is 1. The quantitative estimate of drug-likeness (QED) is 0.868. The predicted molar refractivity (Wildman–Crippen MR) is 85.3 cm³/mol. The molecule has 0 spiro atoms. The summed E-state index contributed by atoms with van der Waals surface area (Å²) in [7, 11) is 0. The number of aliphatic hydroxyl groups excluding tert-OH is 1. The molecule has 2 aliphatic heterocycles. The number of nitrogens with zero attached hydrogens (tertiary/aromatic N) is 1. The molecule has 0 aromatic carbocycles. The molecule has 1 saturated carbocycles. The van der Waals surface area contributed by atoms with E-state index in [0.29, 0.717) is 0 Å². The van der Waals surface area contributed by atoms with Gasteiger partial charge in [-0.3, -0.25) is 4.90 Å². The van der Waals surface area contributed by atoms with E-state index in [9.17, 15) is 5.11 Å². The van der Waals surface area contributed by atoms with E-state index < -0.39 is 5.60 Å². The topological polar surface area (TPSA) is 32.7 Å². The summed E-state index contributed by atoms with van der Waals surface area (Å²) in [5, 5.41) is 10.7. The maximum Gasteiger partial charge on any atom is 0.0896 e. The van der Waals surface area contributed by atoms with Crippen molar-refractivity contribution in [3.8, 4) is 0 Å². The second-order valence-corrected chi connectivity index (χ2v) is 8.61. The molecule has 3 fully saturated rings. The molecule has 1 aliphatic carbocycles. The van der Waals surface area contributed by atoms with Crippen molar-refractivity contribution >= 4 is 0 Å². The van der Waals surface area contributed by atoms with Crippen LogP contribution >= 0.6 is 0 Å². The van der Waals surface area contributed by atoms with Crippen LogP contribution in [-0.2, 0) is 4.74 Å². The molecule has 3 aliphatic rings. The minimum absolute atomic E-state index is 0.217. The molecule has 0 aromatic heterocycles. The van der Waals surface area contributed by atoms with Crippen molar-refractivity contribution in [1.29, 1.82) is 0 Å². The zero-order valence-electron chi connectivity index (χ0n) is 14.3. The van der Waals surface area contributed by atoms with Gasteiger partial charge in [0.1, 0.15) is 0 Å². The summed E-state index contributed by atoms with van der Waals surface area (Å²) in [6.07, 6.45) is 8.00. The molecule has 2 saturated heterocycles. The summed E-state index contributed by atoms with van der Waals surface area (Å²) in [4.78, 5) is 2.68. The lowest BCUT2D eigenvalue weighted by Gasteiger charge is -2.35. The summed E-state index contributed by atoms with van der Waals surface area (Å²) >= 11 is 0. The maximum atomic E-state index is 10.7. The fourth-order valence-corrected chi connectivity index (χ4v) is 5.21. The van der Waals surface area contributed by atoms with Crippen LogP contribution < -0.4 is 0 Å². The summed E-state index contributed by atoms with van der Waals surface area (Å²) in [6.45, 7) is 10.6. The van der Waals surface area contributed by atoms with Crippen LogP contribution in [0.25, 0.3) is 0 Å². The highest BCUT2D eigenvalue weighted by Crippen LogP contribution is 2.44. The molecule has 3 heteroatoms. The van der Waals surface area contributed by atoms with Gasteiger partial charge >= 0.3 is 0 Å². The van der Waals surface area contributed by atoms with E-state index in [2.05, 4.69) is 18.7 Å². The van der Waals surface area contributed by atoms with Gasteiger partial charge in [0, 0.05) is 18.5 Å². The normalized spacial score (nSPS) is 40.1. The van der Waals surface area contributed by atoms with Gasteiger partial charge in [-0.15, -0.1) is 0 Å². The average molecular weight is 295 g/mol. The smallest absolute Gasteiger partial charge is 0.0896 e. The molecular formula is C18H33NO2. The summed E-state index contributed by atoms with van der Waals surface area (Å²) in [5.41, 5.74) is -0.650. The summed E-state index contributed by atoms with van der Waals surface area (Å²) in [5.74, 6) is 1.12. The third-order valence-electron chi connectivity index (χ3n) is 6.30. The van der Waals surface area contributed by atoms with Crippen molar-refractivity contribution in [3.63, 3.8) is 0 Å². The molecule has 3 rings (SSSR count). The van der Waals surface area contributed by atoms with Crippen LogP contribution in [0.2, 0.25) is 0 Å². The zero-order chi connectivity index (χ0) is 15.3. The van der Waals surface area contributed by atoms with E-state index >= 15 is 0 Å². The van der Waals surface area contributed by atoms with Gasteiger partial charge < -0.3 is 9.84 Å². The Bertz CT molecular complexity index is 373. The van der Waals surface area contributed by atoms with Crippen molar-refractivity contribution in [3.05, 3.63) is 0 Å². The first-order chi connectivity index (χ1) is 9.81. The first kappa shape index (κ1) is 15.8. The van der Waals surface area contributed by atoms with Crippen molar-refractivity contribution in [2.45, 2.75) is 89.6 Å². The number of rotatable bonds is 3. The highest BCUT2D eigenvalue weighted by Gasteiger charge is 2.54. The fourth-order valence-electron chi connectivity index (χ4n) is 5.21. The molecule has 0 amide bonds. The Morgan fingerprint density at radius 1 is 1.00 bits per heavy atom. The molecule has 0 bridgehead atoms. The molecule has 1 N–H and O–H groups in total. The minimum atomic E-state index is -0.420. The SMILES string of the molecule is CC1(C)OC(C)(C)C(CN2CCCC2C2CCCC2)C1O. The van der Waals surface area contributed by atoms with Crippen LogP contribution in [0.3, 0.4) is 0 Å². The number of ether oxygens (including phenoxy) is 1. The van der Waals surface area contributed by atoms with Crippen LogP contribution in [0.4, 0.5) is 0 Å². The third-order valence-corrected chi connectivity index (χ3v) is 6.30. The Balaban J connectivity index is 1.70.